The van der Waals surface area contributed by atoms with Crippen LogP contribution in [0.5, 0.6) is 5.75 Å². The minimum Gasteiger partial charge on any atom is -0.491 e. The fraction of sp³-hybridized carbons (Fsp3) is 0.435. The molecule has 166 valence electrons. The van der Waals surface area contributed by atoms with Gasteiger partial charge in [-0.15, -0.1) is 11.3 Å². The first kappa shape index (κ1) is 22.8. The molecule has 1 aromatic carbocycles. The highest BCUT2D eigenvalue weighted by atomic mass is 32.1. The molecule has 0 aliphatic heterocycles. The Kier molecular flexibility index (Phi) is 7.33. The molecule has 0 aliphatic carbocycles. The Balaban J connectivity index is 2.27. The zero-order valence-electron chi connectivity index (χ0n) is 18.4. The van der Waals surface area contributed by atoms with E-state index in [0.717, 1.165) is 29.1 Å². The SMILES string of the molecule is CCCCOc1c(CNC(=O)O)n(CC(C)C)c(=O)c2ccc(-c3nc(C)cs3)cc12. The Hall–Kier alpha value is -2.87. The van der Waals surface area contributed by atoms with Crippen LogP contribution in [0.4, 0.5) is 4.79 Å². The zero-order valence-corrected chi connectivity index (χ0v) is 19.2. The molecule has 31 heavy (non-hydrogen) atoms. The van der Waals surface area contributed by atoms with Crippen LogP contribution >= 0.6 is 11.3 Å². The smallest absolute Gasteiger partial charge is 0.404 e. The van der Waals surface area contributed by atoms with E-state index in [-0.39, 0.29) is 18.0 Å². The highest BCUT2D eigenvalue weighted by Gasteiger charge is 2.20. The van der Waals surface area contributed by atoms with Gasteiger partial charge >= 0.3 is 6.09 Å². The van der Waals surface area contributed by atoms with Gasteiger partial charge in [-0.05, 0) is 31.4 Å². The lowest BCUT2D eigenvalue weighted by Crippen LogP contribution is -2.31. The van der Waals surface area contributed by atoms with Gasteiger partial charge in [0.2, 0.25) is 0 Å². The predicted molar refractivity (Wildman–Crippen MR) is 124 cm³/mol. The Labute approximate surface area is 185 Å². The largest absolute Gasteiger partial charge is 0.491 e. The van der Waals surface area contributed by atoms with E-state index >= 15 is 0 Å². The van der Waals surface area contributed by atoms with Crippen LogP contribution in [-0.4, -0.2) is 27.4 Å². The second-order valence-corrected chi connectivity index (χ2v) is 8.86. The molecule has 0 saturated carbocycles. The third kappa shape index (κ3) is 5.25. The average Bonchev–Trinajstić information content (AvgIpc) is 3.16. The van der Waals surface area contributed by atoms with Crippen LogP contribution in [0.25, 0.3) is 21.3 Å². The monoisotopic (exact) mass is 443 g/mol. The molecule has 0 unspecified atom stereocenters. The Morgan fingerprint density at radius 2 is 2.10 bits per heavy atom. The summed E-state index contributed by atoms with van der Waals surface area (Å²) in [6, 6.07) is 5.66. The molecule has 2 aromatic heterocycles. The fourth-order valence-electron chi connectivity index (χ4n) is 3.46. The van der Waals surface area contributed by atoms with E-state index < -0.39 is 6.09 Å². The van der Waals surface area contributed by atoms with Gasteiger partial charge in [-0.2, -0.15) is 0 Å². The summed E-state index contributed by atoms with van der Waals surface area (Å²) in [5, 5.41) is 15.7. The second-order valence-electron chi connectivity index (χ2n) is 8.00. The van der Waals surface area contributed by atoms with E-state index in [9.17, 15) is 14.7 Å². The van der Waals surface area contributed by atoms with E-state index in [4.69, 9.17) is 4.74 Å². The van der Waals surface area contributed by atoms with Crippen molar-refractivity contribution in [2.24, 2.45) is 5.92 Å². The number of aryl methyl sites for hydroxylation is 1. The summed E-state index contributed by atoms with van der Waals surface area (Å²) in [7, 11) is 0. The maximum Gasteiger partial charge on any atom is 0.404 e. The molecular weight excluding hydrogens is 414 g/mol. The topological polar surface area (TPSA) is 93.5 Å². The number of aromatic nitrogens is 2. The molecule has 0 aliphatic rings. The van der Waals surface area contributed by atoms with Crippen LogP contribution in [0.3, 0.4) is 0 Å². The summed E-state index contributed by atoms with van der Waals surface area (Å²) in [5.41, 5.74) is 2.26. The summed E-state index contributed by atoms with van der Waals surface area (Å²) in [4.78, 5) is 29.2. The van der Waals surface area contributed by atoms with Crippen LogP contribution in [-0.2, 0) is 13.1 Å². The quantitative estimate of drug-likeness (QED) is 0.452. The summed E-state index contributed by atoms with van der Waals surface area (Å²) >= 11 is 1.55. The number of ether oxygens (including phenoxy) is 1. The van der Waals surface area contributed by atoms with Gasteiger partial charge in [0.25, 0.3) is 5.56 Å². The number of pyridine rings is 1. The maximum absolute atomic E-state index is 13.4. The second kappa shape index (κ2) is 9.96. The van der Waals surface area contributed by atoms with Crippen molar-refractivity contribution in [3.63, 3.8) is 0 Å². The molecule has 0 spiro atoms. The van der Waals surface area contributed by atoms with Crippen molar-refractivity contribution in [2.45, 2.75) is 53.6 Å². The van der Waals surface area contributed by atoms with Gasteiger partial charge < -0.3 is 19.7 Å². The van der Waals surface area contributed by atoms with Gasteiger partial charge in [0, 0.05) is 28.6 Å². The van der Waals surface area contributed by atoms with Crippen LogP contribution in [0.1, 0.15) is 45.0 Å². The summed E-state index contributed by atoms with van der Waals surface area (Å²) in [5.74, 6) is 0.771. The molecule has 0 saturated heterocycles. The summed E-state index contributed by atoms with van der Waals surface area (Å²) in [6.45, 7) is 9.04. The van der Waals surface area contributed by atoms with Crippen molar-refractivity contribution in [3.8, 4) is 16.3 Å². The van der Waals surface area contributed by atoms with Gasteiger partial charge in [-0.1, -0.05) is 33.3 Å². The molecule has 3 rings (SSSR count). The molecule has 1 amide bonds. The maximum atomic E-state index is 13.4. The highest BCUT2D eigenvalue weighted by molar-refractivity contribution is 7.13. The molecular formula is C23H29N3O4S. The number of unbranched alkanes of at least 4 members (excludes halogenated alkanes) is 1. The Morgan fingerprint density at radius 1 is 1.32 bits per heavy atom. The van der Waals surface area contributed by atoms with Crippen molar-refractivity contribution in [1.82, 2.24) is 14.9 Å². The summed E-state index contributed by atoms with van der Waals surface area (Å²) < 4.78 is 7.84. The first-order valence-corrected chi connectivity index (χ1v) is 11.4. The number of hydrogen-bond donors (Lipinski definition) is 2. The highest BCUT2D eigenvalue weighted by Crippen LogP contribution is 2.33. The predicted octanol–water partition coefficient (Wildman–Crippen LogP) is 5.04. The van der Waals surface area contributed by atoms with Crippen LogP contribution in [0, 0.1) is 12.8 Å². The molecule has 0 fully saturated rings. The van der Waals surface area contributed by atoms with E-state index in [1.165, 1.54) is 0 Å². The first-order chi connectivity index (χ1) is 14.8. The van der Waals surface area contributed by atoms with Gasteiger partial charge in [0.15, 0.2) is 0 Å². The molecule has 2 N–H and O–H groups in total. The van der Waals surface area contributed by atoms with Crippen molar-refractivity contribution in [1.29, 1.82) is 0 Å². The van der Waals surface area contributed by atoms with E-state index in [1.54, 1.807) is 15.9 Å². The van der Waals surface area contributed by atoms with E-state index in [0.29, 0.717) is 35.4 Å². The standard InChI is InChI=1S/C23H29N3O4S/c1-5-6-9-30-20-18-10-16(21-25-15(4)13-31-21)7-8-17(18)22(27)26(12-14(2)3)19(20)11-24-23(28)29/h7-8,10,13-14,24H,5-6,9,11-12H2,1-4H3,(H,28,29). The van der Waals surface area contributed by atoms with Crippen molar-refractivity contribution >= 4 is 28.2 Å². The molecule has 3 aromatic rings. The molecule has 0 bridgehead atoms. The fourth-order valence-corrected chi connectivity index (χ4v) is 4.25. The first-order valence-electron chi connectivity index (χ1n) is 10.5. The van der Waals surface area contributed by atoms with Gasteiger partial charge in [0.1, 0.15) is 10.8 Å². The number of amides is 1. The number of carbonyl (C=O) groups is 1. The number of benzene rings is 1. The average molecular weight is 444 g/mol. The van der Waals surface area contributed by atoms with Crippen LogP contribution < -0.4 is 15.6 Å². The molecule has 0 radical (unpaired) electrons. The van der Waals surface area contributed by atoms with Crippen molar-refractivity contribution in [2.75, 3.05) is 6.61 Å². The number of thiazole rings is 1. The lowest BCUT2D eigenvalue weighted by Gasteiger charge is -2.21. The molecule has 0 atom stereocenters. The van der Waals surface area contributed by atoms with Gasteiger partial charge in [0.05, 0.1) is 24.2 Å². The zero-order chi connectivity index (χ0) is 22.5. The third-order valence-electron chi connectivity index (χ3n) is 4.89. The van der Waals surface area contributed by atoms with Gasteiger partial charge in [-0.25, -0.2) is 9.78 Å². The molecule has 7 nitrogen and oxygen atoms in total. The minimum atomic E-state index is -1.14. The lowest BCUT2D eigenvalue weighted by molar-refractivity contribution is 0.193. The van der Waals surface area contributed by atoms with Crippen LogP contribution in [0.2, 0.25) is 0 Å². The molecule has 8 heteroatoms. The van der Waals surface area contributed by atoms with Gasteiger partial charge in [-0.3, -0.25) is 4.79 Å². The van der Waals surface area contributed by atoms with E-state index in [1.807, 2.05) is 44.4 Å². The number of rotatable bonds is 9. The molecule has 2 heterocycles. The van der Waals surface area contributed by atoms with Crippen LogP contribution in [0.15, 0.2) is 28.4 Å². The van der Waals surface area contributed by atoms with E-state index in [2.05, 4.69) is 17.2 Å². The van der Waals surface area contributed by atoms with Crippen molar-refractivity contribution in [3.05, 3.63) is 45.3 Å². The lowest BCUT2D eigenvalue weighted by atomic mass is 10.0. The summed E-state index contributed by atoms with van der Waals surface area (Å²) in [6.07, 6.45) is 0.688. The number of fused-ring (bicyclic) bond motifs is 1. The third-order valence-corrected chi connectivity index (χ3v) is 5.90. The number of nitrogens with zero attached hydrogens (tertiary/aromatic N) is 2. The Bertz CT molecular complexity index is 1130. The van der Waals surface area contributed by atoms with Crippen molar-refractivity contribution < 1.29 is 14.6 Å². The number of nitrogens with one attached hydrogen (secondary N) is 1. The normalized spacial score (nSPS) is 11.3. The Morgan fingerprint density at radius 3 is 2.71 bits per heavy atom. The number of carboxylic acid groups (broad SMARTS) is 1. The minimum absolute atomic E-state index is 0.00468. The number of hydrogen-bond acceptors (Lipinski definition) is 5.